The van der Waals surface area contributed by atoms with Crippen molar-refractivity contribution in [1.29, 1.82) is 0 Å². The number of nitrogens with one attached hydrogen (secondary N) is 1. The van der Waals surface area contributed by atoms with Crippen LogP contribution in [0.15, 0.2) is 23.1 Å². The van der Waals surface area contributed by atoms with Crippen LogP contribution in [0.3, 0.4) is 0 Å². The summed E-state index contributed by atoms with van der Waals surface area (Å²) in [6.45, 7) is 3.89. The number of sulfonamides is 1. The van der Waals surface area contributed by atoms with Crippen molar-refractivity contribution in [2.45, 2.75) is 43.4 Å². The number of aliphatic hydroxyl groups excluding tert-OH is 1. The molecule has 0 radical (unpaired) electrons. The van der Waals surface area contributed by atoms with Gasteiger partial charge in [-0.15, -0.1) is 0 Å². The Balaban J connectivity index is 2.31. The summed E-state index contributed by atoms with van der Waals surface area (Å²) in [5.74, 6) is 0. The van der Waals surface area contributed by atoms with Crippen molar-refractivity contribution in [3.8, 4) is 0 Å². The lowest BCUT2D eigenvalue weighted by Gasteiger charge is -2.28. The molecule has 0 saturated carbocycles. The molecule has 20 heavy (non-hydrogen) atoms. The molecule has 1 aliphatic heterocycles. The number of ether oxygens (including phenoxy) is 1. The third-order valence-electron chi connectivity index (χ3n) is 3.75. The average molecular weight is 320 g/mol. The lowest BCUT2D eigenvalue weighted by molar-refractivity contribution is 0.0957. The third-order valence-corrected chi connectivity index (χ3v) is 5.73. The first-order valence-electron chi connectivity index (χ1n) is 6.33. The molecule has 1 heterocycles. The van der Waals surface area contributed by atoms with Crippen molar-refractivity contribution in [1.82, 2.24) is 4.72 Å². The lowest BCUT2D eigenvalue weighted by Crippen LogP contribution is -2.50. The molecule has 0 aliphatic carbocycles. The molecule has 2 rings (SSSR count). The molecule has 1 fully saturated rings. The predicted octanol–water partition coefficient (Wildman–Crippen LogP) is 1.68. The van der Waals surface area contributed by atoms with Gasteiger partial charge in [-0.2, -0.15) is 0 Å². The monoisotopic (exact) mass is 319 g/mol. The summed E-state index contributed by atoms with van der Waals surface area (Å²) in [6.07, 6.45) is 0.426. The molecular formula is C13H18ClNO4S. The van der Waals surface area contributed by atoms with Gasteiger partial charge in [0.25, 0.3) is 0 Å². The molecule has 5 nitrogen and oxygen atoms in total. The largest absolute Gasteiger partial charge is 0.392 e. The van der Waals surface area contributed by atoms with Gasteiger partial charge >= 0.3 is 0 Å². The van der Waals surface area contributed by atoms with Crippen LogP contribution in [0, 0.1) is 0 Å². The number of aliphatic hydroxyl groups is 1. The van der Waals surface area contributed by atoms with Gasteiger partial charge in [0, 0.05) is 11.6 Å². The van der Waals surface area contributed by atoms with E-state index in [0.29, 0.717) is 23.6 Å². The fourth-order valence-corrected chi connectivity index (χ4v) is 3.90. The second-order valence-electron chi connectivity index (χ2n) is 5.20. The minimum Gasteiger partial charge on any atom is -0.392 e. The molecule has 2 unspecified atom stereocenters. The van der Waals surface area contributed by atoms with Crippen LogP contribution in [0.5, 0.6) is 0 Å². The van der Waals surface area contributed by atoms with E-state index < -0.39 is 15.6 Å². The SMILES string of the molecule is CC1OCCC1(C)NS(=O)(=O)c1ccc(Cl)c(CO)c1. The van der Waals surface area contributed by atoms with Crippen LogP contribution in [-0.2, 0) is 21.4 Å². The van der Waals surface area contributed by atoms with Crippen molar-refractivity contribution in [3.05, 3.63) is 28.8 Å². The van der Waals surface area contributed by atoms with Crippen molar-refractivity contribution in [2.24, 2.45) is 0 Å². The highest BCUT2D eigenvalue weighted by molar-refractivity contribution is 7.89. The number of benzene rings is 1. The topological polar surface area (TPSA) is 75.6 Å². The van der Waals surface area contributed by atoms with Crippen LogP contribution >= 0.6 is 11.6 Å². The van der Waals surface area contributed by atoms with Crippen molar-refractivity contribution < 1.29 is 18.3 Å². The maximum Gasteiger partial charge on any atom is 0.241 e. The normalized spacial score (nSPS) is 26.9. The van der Waals surface area contributed by atoms with E-state index >= 15 is 0 Å². The zero-order valence-corrected chi connectivity index (χ0v) is 13.0. The molecule has 1 aromatic carbocycles. The number of rotatable bonds is 4. The molecule has 0 bridgehead atoms. The highest BCUT2D eigenvalue weighted by Gasteiger charge is 2.40. The summed E-state index contributed by atoms with van der Waals surface area (Å²) in [6, 6.07) is 4.28. The van der Waals surface area contributed by atoms with Crippen LogP contribution in [-0.4, -0.2) is 31.8 Å². The molecule has 1 aromatic rings. The molecule has 112 valence electrons. The van der Waals surface area contributed by atoms with Crippen LogP contribution in [0.4, 0.5) is 0 Å². The number of hydrogen-bond acceptors (Lipinski definition) is 4. The van der Waals surface area contributed by atoms with Gasteiger partial charge in [-0.3, -0.25) is 0 Å². The van der Waals surface area contributed by atoms with Gasteiger partial charge in [0.15, 0.2) is 0 Å². The molecule has 0 amide bonds. The predicted molar refractivity (Wildman–Crippen MR) is 76.1 cm³/mol. The highest BCUT2D eigenvalue weighted by atomic mass is 35.5. The van der Waals surface area contributed by atoms with Crippen molar-refractivity contribution >= 4 is 21.6 Å². The first kappa shape index (κ1) is 15.7. The van der Waals surface area contributed by atoms with E-state index in [-0.39, 0.29) is 17.6 Å². The Hall–Kier alpha value is -0.660. The minimum atomic E-state index is -3.68. The van der Waals surface area contributed by atoms with Gasteiger partial charge in [0.1, 0.15) is 0 Å². The first-order chi connectivity index (χ1) is 9.28. The maximum absolute atomic E-state index is 12.4. The van der Waals surface area contributed by atoms with E-state index in [1.54, 1.807) is 0 Å². The van der Waals surface area contributed by atoms with Gasteiger partial charge in [-0.05, 0) is 44.0 Å². The van der Waals surface area contributed by atoms with Gasteiger partial charge in [-0.25, -0.2) is 13.1 Å². The summed E-state index contributed by atoms with van der Waals surface area (Å²) in [5.41, 5.74) is -0.242. The Morgan fingerprint density at radius 3 is 2.80 bits per heavy atom. The Labute approximate surface area is 124 Å². The second-order valence-corrected chi connectivity index (χ2v) is 7.29. The molecular weight excluding hydrogens is 302 g/mol. The fourth-order valence-electron chi connectivity index (χ4n) is 2.17. The van der Waals surface area contributed by atoms with E-state index in [1.165, 1.54) is 18.2 Å². The molecule has 1 aliphatic rings. The smallest absolute Gasteiger partial charge is 0.241 e. The number of halogens is 1. The molecule has 0 aromatic heterocycles. The molecule has 2 atom stereocenters. The van der Waals surface area contributed by atoms with Crippen LogP contribution in [0.1, 0.15) is 25.8 Å². The second kappa shape index (κ2) is 5.61. The van der Waals surface area contributed by atoms with Crippen LogP contribution in [0.25, 0.3) is 0 Å². The van der Waals surface area contributed by atoms with Crippen LogP contribution < -0.4 is 4.72 Å². The quantitative estimate of drug-likeness (QED) is 0.885. The summed E-state index contributed by atoms with van der Waals surface area (Å²) < 4.78 is 33.0. The first-order valence-corrected chi connectivity index (χ1v) is 8.19. The third kappa shape index (κ3) is 2.99. The fraction of sp³-hybridized carbons (Fsp3) is 0.538. The summed E-state index contributed by atoms with van der Waals surface area (Å²) >= 11 is 5.87. The molecule has 0 spiro atoms. The van der Waals surface area contributed by atoms with Crippen molar-refractivity contribution in [3.63, 3.8) is 0 Å². The Morgan fingerprint density at radius 2 is 2.25 bits per heavy atom. The van der Waals surface area contributed by atoms with E-state index in [1.807, 2.05) is 13.8 Å². The molecule has 2 N–H and O–H groups in total. The number of hydrogen-bond donors (Lipinski definition) is 2. The summed E-state index contributed by atoms with van der Waals surface area (Å²) in [4.78, 5) is 0.0891. The Kier molecular flexibility index (Phi) is 4.41. The average Bonchev–Trinajstić information content (AvgIpc) is 2.68. The van der Waals surface area contributed by atoms with Gasteiger partial charge < -0.3 is 9.84 Å². The van der Waals surface area contributed by atoms with E-state index in [4.69, 9.17) is 21.4 Å². The lowest BCUT2D eigenvalue weighted by atomic mass is 9.97. The van der Waals surface area contributed by atoms with E-state index in [0.717, 1.165) is 0 Å². The summed E-state index contributed by atoms with van der Waals surface area (Å²) in [5, 5.41) is 9.51. The zero-order chi connectivity index (χ0) is 15.0. The molecule has 7 heteroatoms. The Bertz CT molecular complexity index is 604. The van der Waals surface area contributed by atoms with Gasteiger partial charge in [0.05, 0.1) is 23.1 Å². The zero-order valence-electron chi connectivity index (χ0n) is 11.4. The van der Waals surface area contributed by atoms with Crippen molar-refractivity contribution in [2.75, 3.05) is 6.61 Å². The molecule has 1 saturated heterocycles. The minimum absolute atomic E-state index is 0.0891. The van der Waals surface area contributed by atoms with Gasteiger partial charge in [0.2, 0.25) is 10.0 Å². The van der Waals surface area contributed by atoms with E-state index in [9.17, 15) is 8.42 Å². The van der Waals surface area contributed by atoms with Gasteiger partial charge in [-0.1, -0.05) is 11.6 Å². The van der Waals surface area contributed by atoms with Crippen LogP contribution in [0.2, 0.25) is 5.02 Å². The Morgan fingerprint density at radius 1 is 1.55 bits per heavy atom. The maximum atomic E-state index is 12.4. The highest BCUT2D eigenvalue weighted by Crippen LogP contribution is 2.28. The summed E-state index contributed by atoms with van der Waals surface area (Å²) in [7, 11) is -3.68. The standard InChI is InChI=1S/C13H18ClNO4S/c1-9-13(2,5-6-19-9)15-20(17,18)11-3-4-12(14)10(7-11)8-16/h3-4,7,9,15-16H,5-6,8H2,1-2H3. The van der Waals surface area contributed by atoms with E-state index in [2.05, 4.69) is 4.72 Å².